The summed E-state index contributed by atoms with van der Waals surface area (Å²) in [6.07, 6.45) is 0. The molecule has 0 radical (unpaired) electrons. The number of rotatable bonds is 4. The third kappa shape index (κ3) is 4.05. The van der Waals surface area contributed by atoms with Gasteiger partial charge in [0.1, 0.15) is 11.2 Å². The van der Waals surface area contributed by atoms with Crippen LogP contribution in [0.25, 0.3) is 100 Å². The van der Waals surface area contributed by atoms with Gasteiger partial charge in [0.15, 0.2) is 17.5 Å². The van der Waals surface area contributed by atoms with Gasteiger partial charge in [-0.25, -0.2) is 15.0 Å². The van der Waals surface area contributed by atoms with Crippen molar-refractivity contribution < 1.29 is 4.42 Å². The van der Waals surface area contributed by atoms with Crippen molar-refractivity contribution in [3.63, 3.8) is 0 Å². The SMILES string of the molecule is c1ccc(-c2nc(-c3ccccc3)nc(-c3ccc4oc5ccc(-c6ccc7c8c(cccc68)-c6ccccc6-7)cc5c4c3)n2)cc1. The first kappa shape index (κ1) is 25.9. The lowest BCUT2D eigenvalue weighted by Crippen LogP contribution is -2.00. The maximum Gasteiger partial charge on any atom is 0.164 e. The molecule has 1 aliphatic rings. The smallest absolute Gasteiger partial charge is 0.164 e. The molecule has 0 aliphatic heterocycles. The van der Waals surface area contributed by atoms with Crippen LogP contribution >= 0.6 is 0 Å². The second kappa shape index (κ2) is 10.1. The lowest BCUT2D eigenvalue weighted by molar-refractivity contribution is 0.669. The zero-order chi connectivity index (χ0) is 30.9. The lowest BCUT2D eigenvalue weighted by Gasteiger charge is -2.10. The predicted molar refractivity (Wildman–Crippen MR) is 191 cm³/mol. The topological polar surface area (TPSA) is 51.8 Å². The molecule has 0 amide bonds. The molecule has 0 spiro atoms. The Kier molecular flexibility index (Phi) is 5.54. The van der Waals surface area contributed by atoms with Crippen molar-refractivity contribution in [3.05, 3.63) is 152 Å². The van der Waals surface area contributed by atoms with Crippen LogP contribution in [0.15, 0.2) is 156 Å². The average Bonchev–Trinajstić information content (AvgIpc) is 3.68. The molecule has 0 saturated carbocycles. The van der Waals surface area contributed by atoms with E-state index in [1.807, 2.05) is 72.8 Å². The number of hydrogen-bond donors (Lipinski definition) is 0. The first-order chi connectivity index (χ1) is 23.3. The van der Waals surface area contributed by atoms with Gasteiger partial charge in [-0.1, -0.05) is 121 Å². The van der Waals surface area contributed by atoms with E-state index in [2.05, 4.69) is 78.9 Å². The molecule has 1 aliphatic carbocycles. The van der Waals surface area contributed by atoms with Crippen molar-refractivity contribution in [3.8, 4) is 67.5 Å². The summed E-state index contributed by atoms with van der Waals surface area (Å²) in [5.74, 6) is 1.91. The summed E-state index contributed by atoms with van der Waals surface area (Å²) in [4.78, 5) is 14.8. The Hall–Kier alpha value is -6.39. The molecular weight excluding hydrogens is 574 g/mol. The summed E-state index contributed by atoms with van der Waals surface area (Å²) in [5, 5.41) is 4.67. The molecule has 218 valence electrons. The maximum absolute atomic E-state index is 6.35. The molecule has 2 aromatic heterocycles. The first-order valence-electron chi connectivity index (χ1n) is 15.8. The average molecular weight is 600 g/mol. The Bertz CT molecular complexity index is 2590. The van der Waals surface area contributed by atoms with Crippen LogP contribution in [-0.4, -0.2) is 15.0 Å². The minimum Gasteiger partial charge on any atom is -0.456 e. The van der Waals surface area contributed by atoms with Gasteiger partial charge in [0, 0.05) is 27.5 Å². The van der Waals surface area contributed by atoms with Crippen LogP contribution in [-0.2, 0) is 0 Å². The highest BCUT2D eigenvalue weighted by Gasteiger charge is 2.22. The van der Waals surface area contributed by atoms with Gasteiger partial charge in [-0.3, -0.25) is 0 Å². The highest BCUT2D eigenvalue weighted by atomic mass is 16.3. The number of nitrogens with zero attached hydrogens (tertiary/aromatic N) is 3. The third-order valence-electron chi connectivity index (χ3n) is 9.29. The number of aromatic nitrogens is 3. The molecule has 0 N–H and O–H groups in total. The minimum absolute atomic E-state index is 0.622. The number of furan rings is 1. The molecule has 4 nitrogen and oxygen atoms in total. The van der Waals surface area contributed by atoms with E-state index in [-0.39, 0.29) is 0 Å². The van der Waals surface area contributed by atoms with E-state index in [0.717, 1.165) is 44.2 Å². The monoisotopic (exact) mass is 599 g/mol. The Morgan fingerprint density at radius 1 is 0.319 bits per heavy atom. The fourth-order valence-corrected chi connectivity index (χ4v) is 7.08. The van der Waals surface area contributed by atoms with Crippen LogP contribution in [0.5, 0.6) is 0 Å². The summed E-state index contributed by atoms with van der Waals surface area (Å²) in [6.45, 7) is 0. The molecule has 4 heteroatoms. The highest BCUT2D eigenvalue weighted by Crippen LogP contribution is 2.49. The van der Waals surface area contributed by atoms with Gasteiger partial charge in [0.25, 0.3) is 0 Å². The van der Waals surface area contributed by atoms with Crippen LogP contribution < -0.4 is 0 Å². The standard InChI is InChI=1S/C43H25N3O/c1-3-10-26(11-4-1)41-44-42(27-12-5-2-6-13-27)46-43(45-41)29-19-23-39-37(25-29)36-24-28(18-22-38(36)47-39)30-20-21-35-32-15-8-7-14-31(32)34-17-9-16-33(30)40(34)35/h1-25H. The van der Waals surface area contributed by atoms with Crippen LogP contribution in [0, 0.1) is 0 Å². The van der Waals surface area contributed by atoms with Gasteiger partial charge in [-0.05, 0) is 74.5 Å². The van der Waals surface area contributed by atoms with Gasteiger partial charge in [0.05, 0.1) is 0 Å². The molecule has 0 unspecified atom stereocenters. The molecule has 0 atom stereocenters. The fraction of sp³-hybridized carbons (Fsp3) is 0. The number of benzene rings is 7. The summed E-state index contributed by atoms with van der Waals surface area (Å²) < 4.78 is 6.35. The zero-order valence-electron chi connectivity index (χ0n) is 25.2. The Morgan fingerprint density at radius 3 is 1.45 bits per heavy atom. The number of fused-ring (bicyclic) bond motifs is 6. The van der Waals surface area contributed by atoms with E-state index in [1.54, 1.807) is 0 Å². The Morgan fingerprint density at radius 2 is 0.809 bits per heavy atom. The predicted octanol–water partition coefficient (Wildman–Crippen LogP) is 11.2. The van der Waals surface area contributed by atoms with Gasteiger partial charge in [-0.2, -0.15) is 0 Å². The van der Waals surface area contributed by atoms with Crippen LogP contribution in [0.1, 0.15) is 0 Å². The van der Waals surface area contributed by atoms with Gasteiger partial charge >= 0.3 is 0 Å². The fourth-order valence-electron chi connectivity index (χ4n) is 7.08. The normalized spacial score (nSPS) is 11.8. The molecule has 2 heterocycles. The molecule has 0 bridgehead atoms. The molecule has 0 saturated heterocycles. The summed E-state index contributed by atoms with van der Waals surface area (Å²) in [5.41, 5.74) is 12.1. The zero-order valence-corrected chi connectivity index (χ0v) is 25.2. The molecule has 10 rings (SSSR count). The van der Waals surface area contributed by atoms with Crippen molar-refractivity contribution in [2.75, 3.05) is 0 Å². The summed E-state index contributed by atoms with van der Waals surface area (Å²) in [6, 6.07) is 52.7. The van der Waals surface area contributed by atoms with E-state index in [4.69, 9.17) is 19.4 Å². The minimum atomic E-state index is 0.622. The maximum atomic E-state index is 6.35. The van der Waals surface area contributed by atoms with E-state index in [0.29, 0.717) is 17.5 Å². The largest absolute Gasteiger partial charge is 0.456 e. The van der Waals surface area contributed by atoms with Gasteiger partial charge in [0.2, 0.25) is 0 Å². The van der Waals surface area contributed by atoms with Gasteiger partial charge < -0.3 is 4.42 Å². The highest BCUT2D eigenvalue weighted by molar-refractivity contribution is 6.19. The Labute approximate surface area is 270 Å². The number of hydrogen-bond acceptors (Lipinski definition) is 4. The second-order valence-electron chi connectivity index (χ2n) is 12.0. The second-order valence-corrected chi connectivity index (χ2v) is 12.0. The lowest BCUT2D eigenvalue weighted by atomic mass is 9.93. The molecular formula is C43H25N3O. The van der Waals surface area contributed by atoms with Gasteiger partial charge in [-0.15, -0.1) is 0 Å². The van der Waals surface area contributed by atoms with Crippen LogP contribution in [0.3, 0.4) is 0 Å². The van der Waals surface area contributed by atoms with E-state index < -0.39 is 0 Å². The van der Waals surface area contributed by atoms with E-state index in [1.165, 1.54) is 38.6 Å². The molecule has 0 fully saturated rings. The van der Waals surface area contributed by atoms with E-state index >= 15 is 0 Å². The summed E-state index contributed by atoms with van der Waals surface area (Å²) in [7, 11) is 0. The molecule has 7 aromatic carbocycles. The summed E-state index contributed by atoms with van der Waals surface area (Å²) >= 11 is 0. The quantitative estimate of drug-likeness (QED) is 0.202. The third-order valence-corrected chi connectivity index (χ3v) is 9.29. The van der Waals surface area contributed by atoms with Crippen LogP contribution in [0.4, 0.5) is 0 Å². The van der Waals surface area contributed by atoms with E-state index in [9.17, 15) is 0 Å². The van der Waals surface area contributed by atoms with Crippen LogP contribution in [0.2, 0.25) is 0 Å². The first-order valence-corrected chi connectivity index (χ1v) is 15.8. The molecule has 47 heavy (non-hydrogen) atoms. The van der Waals surface area contributed by atoms with Crippen molar-refractivity contribution >= 4 is 32.7 Å². The van der Waals surface area contributed by atoms with Crippen molar-refractivity contribution in [1.82, 2.24) is 15.0 Å². The Balaban J connectivity index is 1.14. The van der Waals surface area contributed by atoms with Crippen molar-refractivity contribution in [1.29, 1.82) is 0 Å². The molecule has 9 aromatic rings. The van der Waals surface area contributed by atoms with Crippen molar-refractivity contribution in [2.45, 2.75) is 0 Å². The van der Waals surface area contributed by atoms with Crippen molar-refractivity contribution in [2.24, 2.45) is 0 Å².